The minimum Gasteiger partial charge on any atom is -0.415 e. The van der Waals surface area contributed by atoms with Gasteiger partial charge in [-0.05, 0) is 69.7 Å². The van der Waals surface area contributed by atoms with Crippen LogP contribution in [0.4, 0.5) is 4.39 Å². The Morgan fingerprint density at radius 1 is 1.27 bits per heavy atom. The molecule has 0 saturated carbocycles. The first-order valence-electron chi connectivity index (χ1n) is 12.0. The smallest absolute Gasteiger partial charge is 0.253 e. The Morgan fingerprint density at radius 2 is 1.97 bits per heavy atom. The molecule has 1 heterocycles. The largest absolute Gasteiger partial charge is 0.415 e. The molecule has 2 aliphatic rings. The molecule has 0 radical (unpaired) electrons. The van der Waals surface area contributed by atoms with Crippen LogP contribution in [0.2, 0.25) is 0 Å². The summed E-state index contributed by atoms with van der Waals surface area (Å²) in [6.45, 7) is 14.7. The van der Waals surface area contributed by atoms with Crippen LogP contribution in [0, 0.1) is 5.92 Å². The van der Waals surface area contributed by atoms with Gasteiger partial charge in [-0.2, -0.15) is 5.90 Å². The maximum atomic E-state index is 13.6. The van der Waals surface area contributed by atoms with Gasteiger partial charge in [-0.1, -0.05) is 39.0 Å². The number of nitrogens with one attached hydrogen (secondary N) is 1. The van der Waals surface area contributed by atoms with Gasteiger partial charge in [0.1, 0.15) is 11.9 Å². The quantitative estimate of drug-likeness (QED) is 0.226. The summed E-state index contributed by atoms with van der Waals surface area (Å²) in [5.41, 5.74) is 9.73. The van der Waals surface area contributed by atoms with Crippen molar-refractivity contribution in [1.82, 2.24) is 10.2 Å². The third-order valence-electron chi connectivity index (χ3n) is 6.52. The molecular formula is C26H41FN4O2. The van der Waals surface area contributed by atoms with E-state index in [-0.39, 0.29) is 12.3 Å². The van der Waals surface area contributed by atoms with Crippen molar-refractivity contribution in [1.29, 1.82) is 0 Å². The molecule has 33 heavy (non-hydrogen) atoms. The highest BCUT2D eigenvalue weighted by molar-refractivity contribution is 5.95. The Balaban J connectivity index is 1.84. The zero-order valence-corrected chi connectivity index (χ0v) is 20.3. The van der Waals surface area contributed by atoms with E-state index in [4.69, 9.17) is 16.5 Å². The number of piperidine rings is 1. The van der Waals surface area contributed by atoms with Crippen LogP contribution in [0.5, 0.6) is 0 Å². The Hall–Kier alpha value is -2.38. The van der Waals surface area contributed by atoms with Gasteiger partial charge in [0.05, 0.1) is 0 Å². The zero-order valence-electron chi connectivity index (χ0n) is 20.3. The summed E-state index contributed by atoms with van der Waals surface area (Å²) >= 11 is 0. The topological polar surface area (TPSA) is 93.6 Å². The molecule has 1 saturated heterocycles. The monoisotopic (exact) mass is 460 g/mol. The molecule has 7 heteroatoms. The first kappa shape index (κ1) is 26.9. The van der Waals surface area contributed by atoms with Crippen molar-refractivity contribution in [2.75, 3.05) is 19.6 Å². The number of hydrogen-bond acceptors (Lipinski definition) is 5. The molecule has 0 bridgehead atoms. The lowest BCUT2D eigenvalue weighted by molar-refractivity contribution is -0.117. The summed E-state index contributed by atoms with van der Waals surface area (Å²) in [6.07, 6.45) is 8.90. The number of carbonyl (C=O) groups is 1. The fourth-order valence-electron chi connectivity index (χ4n) is 4.42. The van der Waals surface area contributed by atoms with Gasteiger partial charge in [0.15, 0.2) is 0 Å². The van der Waals surface area contributed by atoms with Crippen LogP contribution in [0.25, 0.3) is 0 Å². The van der Waals surface area contributed by atoms with E-state index in [1.807, 2.05) is 0 Å². The highest BCUT2D eigenvalue weighted by Crippen LogP contribution is 2.34. The number of allylic oxidation sites excluding steroid dienone is 7. The molecule has 0 aromatic carbocycles. The molecule has 1 aliphatic heterocycles. The normalized spacial score (nSPS) is 20.4. The minimum atomic E-state index is -1.07. The summed E-state index contributed by atoms with van der Waals surface area (Å²) in [4.78, 5) is 20.0. The summed E-state index contributed by atoms with van der Waals surface area (Å²) in [5.74, 6) is 5.98. The molecule has 0 aromatic rings. The fraction of sp³-hybridized carbons (Fsp3) is 0.577. The average molecular weight is 461 g/mol. The number of nitrogens with two attached hydrogens (primary N) is 2. The van der Waals surface area contributed by atoms with Crippen LogP contribution in [0.3, 0.4) is 0 Å². The van der Waals surface area contributed by atoms with E-state index in [1.54, 1.807) is 13.0 Å². The highest BCUT2D eigenvalue weighted by Gasteiger charge is 2.27. The molecule has 0 spiro atoms. The van der Waals surface area contributed by atoms with Crippen LogP contribution in [-0.2, 0) is 9.63 Å². The molecule has 1 unspecified atom stereocenters. The maximum Gasteiger partial charge on any atom is 0.253 e. The van der Waals surface area contributed by atoms with Crippen LogP contribution in [0.15, 0.2) is 59.2 Å². The molecule has 1 aliphatic carbocycles. The molecule has 2 rings (SSSR count). The molecule has 1 fully saturated rings. The SMILES string of the molecule is C=C(CCCCC)NC(=O)/C(CCN1CCC(C(=C)C2=C(ON)CC(F)C=C2)CC1)=C(/C)N. The number of alkyl halides is 1. The second-order valence-corrected chi connectivity index (χ2v) is 9.10. The Kier molecular flexibility index (Phi) is 10.9. The predicted molar refractivity (Wildman–Crippen MR) is 132 cm³/mol. The summed E-state index contributed by atoms with van der Waals surface area (Å²) in [5, 5.41) is 2.92. The zero-order chi connectivity index (χ0) is 24.4. The number of rotatable bonds is 12. The van der Waals surface area contributed by atoms with Crippen LogP contribution >= 0.6 is 0 Å². The van der Waals surface area contributed by atoms with Gasteiger partial charge in [0, 0.05) is 35.5 Å². The second-order valence-electron chi connectivity index (χ2n) is 9.10. The van der Waals surface area contributed by atoms with Crippen molar-refractivity contribution >= 4 is 5.91 Å². The first-order chi connectivity index (χ1) is 15.8. The van der Waals surface area contributed by atoms with Gasteiger partial charge in [0.2, 0.25) is 0 Å². The Bertz CT molecular complexity index is 803. The number of carbonyl (C=O) groups excluding carboxylic acids is 1. The fourth-order valence-corrected chi connectivity index (χ4v) is 4.42. The standard InChI is InChI=1S/C26H41FN4O2/c1-5-6-7-8-18(2)30-26(32)24(20(4)28)13-16-31-14-11-21(12-15-31)19(3)23-10-9-22(27)17-25(23)33-29/h9-10,21-22H,2-3,5-8,11-17,28-29H2,1,4H3,(H,30,32)/b24-20-. The van der Waals surface area contributed by atoms with Gasteiger partial charge < -0.3 is 20.8 Å². The second kappa shape index (κ2) is 13.4. The van der Waals surface area contributed by atoms with Gasteiger partial charge in [0.25, 0.3) is 5.91 Å². The minimum absolute atomic E-state index is 0.142. The van der Waals surface area contributed by atoms with Gasteiger partial charge in [-0.3, -0.25) is 4.79 Å². The van der Waals surface area contributed by atoms with E-state index in [0.717, 1.165) is 75.0 Å². The molecule has 1 atom stereocenters. The van der Waals surface area contributed by atoms with Crippen molar-refractivity contribution in [2.24, 2.45) is 17.5 Å². The van der Waals surface area contributed by atoms with E-state index < -0.39 is 6.17 Å². The Labute approximate surface area is 198 Å². The van der Waals surface area contributed by atoms with Crippen molar-refractivity contribution in [3.8, 4) is 0 Å². The predicted octanol–water partition coefficient (Wildman–Crippen LogP) is 4.53. The third kappa shape index (κ3) is 8.16. The lowest BCUT2D eigenvalue weighted by atomic mass is 9.83. The lowest BCUT2D eigenvalue weighted by Gasteiger charge is -2.34. The molecule has 0 aromatic heterocycles. The number of likely N-dealkylation sites (tertiary alicyclic amines) is 1. The van der Waals surface area contributed by atoms with Crippen molar-refractivity contribution in [2.45, 2.75) is 71.4 Å². The number of amides is 1. The van der Waals surface area contributed by atoms with Gasteiger partial charge in [-0.25, -0.2) is 4.39 Å². The van der Waals surface area contributed by atoms with E-state index >= 15 is 0 Å². The highest BCUT2D eigenvalue weighted by atomic mass is 19.1. The maximum absolute atomic E-state index is 13.6. The number of nitrogens with zero attached hydrogens (tertiary/aromatic N) is 1. The summed E-state index contributed by atoms with van der Waals surface area (Å²) in [6, 6.07) is 0. The molecule has 5 N–H and O–H groups in total. The molecule has 184 valence electrons. The average Bonchev–Trinajstić information content (AvgIpc) is 2.79. The first-order valence-corrected chi connectivity index (χ1v) is 12.0. The van der Waals surface area contributed by atoms with E-state index in [0.29, 0.717) is 29.4 Å². The number of hydrogen-bond donors (Lipinski definition) is 3. The van der Waals surface area contributed by atoms with Crippen LogP contribution < -0.4 is 16.9 Å². The van der Waals surface area contributed by atoms with E-state index in [2.05, 4.69) is 30.3 Å². The van der Waals surface area contributed by atoms with Gasteiger partial charge in [-0.15, -0.1) is 0 Å². The van der Waals surface area contributed by atoms with Gasteiger partial charge >= 0.3 is 0 Å². The molecular weight excluding hydrogens is 419 g/mol. The molecule has 1 amide bonds. The van der Waals surface area contributed by atoms with E-state index in [9.17, 15) is 9.18 Å². The Morgan fingerprint density at radius 3 is 2.58 bits per heavy atom. The van der Waals surface area contributed by atoms with Crippen molar-refractivity contribution in [3.63, 3.8) is 0 Å². The molecule has 6 nitrogen and oxygen atoms in total. The number of unbranched alkanes of at least 4 members (excludes halogenated alkanes) is 2. The van der Waals surface area contributed by atoms with Crippen LogP contribution in [-0.4, -0.2) is 36.6 Å². The van der Waals surface area contributed by atoms with Crippen molar-refractivity contribution < 1.29 is 14.0 Å². The third-order valence-corrected chi connectivity index (χ3v) is 6.52. The summed E-state index contributed by atoms with van der Waals surface area (Å²) < 4.78 is 13.6. The number of halogens is 1. The van der Waals surface area contributed by atoms with E-state index in [1.165, 1.54) is 6.08 Å². The van der Waals surface area contributed by atoms with Crippen molar-refractivity contribution in [3.05, 3.63) is 59.2 Å². The van der Waals surface area contributed by atoms with Crippen LogP contribution in [0.1, 0.15) is 65.2 Å². The lowest BCUT2D eigenvalue weighted by Crippen LogP contribution is -2.36. The summed E-state index contributed by atoms with van der Waals surface area (Å²) in [7, 11) is 0.